The second-order valence-corrected chi connectivity index (χ2v) is 7.14. The first-order chi connectivity index (χ1) is 9.96. The van der Waals surface area contributed by atoms with Crippen molar-refractivity contribution in [3.05, 3.63) is 24.3 Å². The van der Waals surface area contributed by atoms with Crippen molar-refractivity contribution in [1.29, 1.82) is 0 Å². The monoisotopic (exact) mass is 318 g/mol. The summed E-state index contributed by atoms with van der Waals surface area (Å²) in [5.41, 5.74) is 6.49. The lowest BCUT2D eigenvalue weighted by Crippen LogP contribution is -2.40. The van der Waals surface area contributed by atoms with Gasteiger partial charge in [0.15, 0.2) is 0 Å². The van der Waals surface area contributed by atoms with Crippen molar-refractivity contribution in [2.75, 3.05) is 18.0 Å². The van der Waals surface area contributed by atoms with Gasteiger partial charge in [-0.1, -0.05) is 0 Å². The number of piperidine rings is 1. The van der Waals surface area contributed by atoms with Crippen LogP contribution < -0.4 is 10.6 Å². The van der Waals surface area contributed by atoms with Gasteiger partial charge in [0, 0.05) is 18.3 Å². The largest absolute Gasteiger partial charge is 0.369 e. The van der Waals surface area contributed by atoms with Crippen LogP contribution in [0.15, 0.2) is 29.2 Å². The molecule has 1 aliphatic heterocycles. The van der Waals surface area contributed by atoms with E-state index in [9.17, 15) is 17.2 Å². The molecule has 1 aromatic carbocycles. The minimum absolute atomic E-state index is 0.335. The van der Waals surface area contributed by atoms with Crippen LogP contribution in [0.2, 0.25) is 0 Å². The minimum atomic E-state index is -4.52. The van der Waals surface area contributed by atoms with Crippen molar-refractivity contribution in [2.24, 2.45) is 5.73 Å². The number of alkyl halides is 2. The molecule has 0 saturated carbocycles. The van der Waals surface area contributed by atoms with E-state index in [1.807, 2.05) is 0 Å². The molecule has 1 aromatic rings. The number of nitrogens with zero attached hydrogens (tertiary/aromatic N) is 1. The van der Waals surface area contributed by atoms with E-state index in [0.29, 0.717) is 12.6 Å². The highest BCUT2D eigenvalue weighted by molar-refractivity contribution is 7.91. The van der Waals surface area contributed by atoms with E-state index in [0.717, 1.165) is 37.9 Å². The standard InChI is InChI=1S/C14H20F2N2O2S/c15-14(16)21(19,20)13-6-4-12(5-7-13)18-10-2-1-3-11(18)8-9-17/h4-7,11,14H,1-3,8-10,17H2. The van der Waals surface area contributed by atoms with E-state index >= 15 is 0 Å². The second kappa shape index (κ2) is 6.70. The second-order valence-electron chi connectivity index (χ2n) is 5.22. The Bertz CT molecular complexity index is 559. The van der Waals surface area contributed by atoms with Crippen molar-refractivity contribution in [1.82, 2.24) is 0 Å². The van der Waals surface area contributed by atoms with Crippen molar-refractivity contribution >= 4 is 15.5 Å². The summed E-state index contributed by atoms with van der Waals surface area (Å²) in [4.78, 5) is 1.85. The Kier molecular flexibility index (Phi) is 5.16. The first kappa shape index (κ1) is 16.2. The normalized spacial score (nSPS) is 20.0. The molecule has 0 bridgehead atoms. The SMILES string of the molecule is NCCC1CCCCN1c1ccc(S(=O)(=O)C(F)F)cc1. The van der Waals surface area contributed by atoms with Gasteiger partial charge in [-0.15, -0.1) is 0 Å². The number of benzene rings is 1. The van der Waals surface area contributed by atoms with E-state index in [1.54, 1.807) is 12.1 Å². The highest BCUT2D eigenvalue weighted by atomic mass is 32.2. The Morgan fingerprint density at radius 1 is 1.24 bits per heavy atom. The zero-order valence-corrected chi connectivity index (χ0v) is 12.5. The summed E-state index contributed by atoms with van der Waals surface area (Å²) < 4.78 is 47.8. The molecule has 0 spiro atoms. The van der Waals surface area contributed by atoms with Crippen LogP contribution in [-0.4, -0.2) is 33.3 Å². The average Bonchev–Trinajstić information content (AvgIpc) is 2.48. The number of rotatable bonds is 5. The van der Waals surface area contributed by atoms with Gasteiger partial charge >= 0.3 is 5.76 Å². The fourth-order valence-corrected chi connectivity index (χ4v) is 3.48. The number of nitrogens with two attached hydrogens (primary N) is 1. The fourth-order valence-electron chi connectivity index (χ4n) is 2.76. The molecule has 1 unspecified atom stereocenters. The van der Waals surface area contributed by atoms with Crippen LogP contribution >= 0.6 is 0 Å². The fraction of sp³-hybridized carbons (Fsp3) is 0.571. The summed E-state index contributed by atoms with van der Waals surface area (Å²) >= 11 is 0. The molecular weight excluding hydrogens is 298 g/mol. The zero-order valence-electron chi connectivity index (χ0n) is 11.7. The molecule has 4 nitrogen and oxygen atoms in total. The summed E-state index contributed by atoms with van der Waals surface area (Å²) in [7, 11) is -4.52. The summed E-state index contributed by atoms with van der Waals surface area (Å²) in [5, 5.41) is 0. The summed E-state index contributed by atoms with van der Waals surface area (Å²) in [5.74, 6) is -3.39. The number of hydrogen-bond acceptors (Lipinski definition) is 4. The predicted octanol–water partition coefficient (Wildman–Crippen LogP) is 2.39. The Balaban J connectivity index is 2.21. The van der Waals surface area contributed by atoms with Gasteiger partial charge in [0.25, 0.3) is 0 Å². The lowest BCUT2D eigenvalue weighted by atomic mass is 9.98. The van der Waals surface area contributed by atoms with Gasteiger partial charge in [-0.05, 0) is 56.5 Å². The number of anilines is 1. The van der Waals surface area contributed by atoms with Crippen molar-refractivity contribution in [3.8, 4) is 0 Å². The van der Waals surface area contributed by atoms with E-state index in [4.69, 9.17) is 5.73 Å². The van der Waals surface area contributed by atoms with Gasteiger partial charge in [0.1, 0.15) is 0 Å². The van der Waals surface area contributed by atoms with Gasteiger partial charge < -0.3 is 10.6 Å². The summed E-state index contributed by atoms with van der Waals surface area (Å²) in [6.45, 7) is 1.48. The van der Waals surface area contributed by atoms with Crippen molar-refractivity contribution < 1.29 is 17.2 Å². The van der Waals surface area contributed by atoms with Crippen molar-refractivity contribution in [2.45, 2.75) is 42.4 Å². The molecule has 118 valence electrons. The van der Waals surface area contributed by atoms with Gasteiger partial charge in [-0.25, -0.2) is 8.42 Å². The highest BCUT2D eigenvalue weighted by Crippen LogP contribution is 2.28. The van der Waals surface area contributed by atoms with Crippen LogP contribution in [0.3, 0.4) is 0 Å². The Hall–Kier alpha value is -1.21. The first-order valence-corrected chi connectivity index (χ1v) is 8.60. The molecule has 1 heterocycles. The third kappa shape index (κ3) is 3.52. The van der Waals surface area contributed by atoms with E-state index < -0.39 is 15.6 Å². The smallest absolute Gasteiger partial charge is 0.341 e. The molecular formula is C14H20F2N2O2S. The molecule has 0 aliphatic carbocycles. The zero-order chi connectivity index (χ0) is 15.5. The highest BCUT2D eigenvalue weighted by Gasteiger charge is 2.27. The van der Waals surface area contributed by atoms with E-state index in [2.05, 4.69) is 4.90 Å². The minimum Gasteiger partial charge on any atom is -0.369 e. The van der Waals surface area contributed by atoms with Crippen LogP contribution in [0, 0.1) is 0 Å². The van der Waals surface area contributed by atoms with Gasteiger partial charge in [-0.2, -0.15) is 8.78 Å². The van der Waals surface area contributed by atoms with E-state index in [-0.39, 0.29) is 4.90 Å². The van der Waals surface area contributed by atoms with Crippen molar-refractivity contribution in [3.63, 3.8) is 0 Å². The third-order valence-electron chi connectivity index (χ3n) is 3.86. The maximum Gasteiger partial charge on any atom is 0.341 e. The van der Waals surface area contributed by atoms with Crippen LogP contribution in [0.4, 0.5) is 14.5 Å². The molecule has 21 heavy (non-hydrogen) atoms. The summed E-state index contributed by atoms with van der Waals surface area (Å²) in [6.07, 6.45) is 4.14. The number of hydrogen-bond donors (Lipinski definition) is 1. The molecule has 1 fully saturated rings. The van der Waals surface area contributed by atoms with Gasteiger partial charge in [0.05, 0.1) is 4.90 Å². The van der Waals surface area contributed by atoms with Gasteiger partial charge in [-0.3, -0.25) is 0 Å². The third-order valence-corrected chi connectivity index (χ3v) is 5.26. The molecule has 1 saturated heterocycles. The molecule has 0 amide bonds. The van der Waals surface area contributed by atoms with Crippen LogP contribution in [0.1, 0.15) is 25.7 Å². The summed E-state index contributed by atoms with van der Waals surface area (Å²) in [6, 6.07) is 6.05. The molecule has 1 aliphatic rings. The molecule has 2 N–H and O–H groups in total. The van der Waals surface area contributed by atoms with Crippen LogP contribution in [-0.2, 0) is 9.84 Å². The molecule has 1 atom stereocenters. The molecule has 0 radical (unpaired) electrons. The van der Waals surface area contributed by atoms with Crippen LogP contribution in [0.25, 0.3) is 0 Å². The maximum absolute atomic E-state index is 12.5. The molecule has 2 rings (SSSR count). The molecule has 7 heteroatoms. The average molecular weight is 318 g/mol. The first-order valence-electron chi connectivity index (χ1n) is 7.05. The molecule has 0 aromatic heterocycles. The number of sulfone groups is 1. The predicted molar refractivity (Wildman–Crippen MR) is 78.3 cm³/mol. The topological polar surface area (TPSA) is 63.4 Å². The maximum atomic E-state index is 12.5. The Morgan fingerprint density at radius 3 is 2.48 bits per heavy atom. The number of halogens is 2. The van der Waals surface area contributed by atoms with Crippen LogP contribution in [0.5, 0.6) is 0 Å². The lowest BCUT2D eigenvalue weighted by molar-refractivity contribution is 0.234. The van der Waals surface area contributed by atoms with Gasteiger partial charge in [0.2, 0.25) is 9.84 Å². The lowest BCUT2D eigenvalue weighted by Gasteiger charge is -2.37. The quantitative estimate of drug-likeness (QED) is 0.905. The van der Waals surface area contributed by atoms with E-state index in [1.165, 1.54) is 12.1 Å². The Morgan fingerprint density at radius 2 is 1.90 bits per heavy atom. The Labute approximate surface area is 123 Å².